The fourth-order valence-electron chi connectivity index (χ4n) is 4.57. The first-order valence-electron chi connectivity index (χ1n) is 12.5. The second-order valence-electron chi connectivity index (χ2n) is 9.39. The van der Waals surface area contributed by atoms with E-state index in [1.807, 2.05) is 0 Å². The third-order valence-electron chi connectivity index (χ3n) is 6.70. The zero-order valence-electron chi connectivity index (χ0n) is 22.3. The van der Waals surface area contributed by atoms with Gasteiger partial charge in [0.1, 0.15) is 5.75 Å². The van der Waals surface area contributed by atoms with E-state index in [0.29, 0.717) is 33.0 Å². The molecule has 0 radical (unpaired) electrons. The van der Waals surface area contributed by atoms with Crippen molar-refractivity contribution in [3.63, 3.8) is 0 Å². The highest BCUT2D eigenvalue weighted by Crippen LogP contribution is 2.34. The van der Waals surface area contributed by atoms with Crippen molar-refractivity contribution in [1.29, 1.82) is 0 Å². The number of pyridine rings is 1. The minimum Gasteiger partial charge on any atom is -0.495 e. The van der Waals surface area contributed by atoms with Crippen molar-refractivity contribution < 1.29 is 24.2 Å². The summed E-state index contributed by atoms with van der Waals surface area (Å²) in [5.74, 6) is -1.31. The number of ether oxygens (including phenoxy) is 1. The van der Waals surface area contributed by atoms with Crippen molar-refractivity contribution in [3.05, 3.63) is 128 Å². The van der Waals surface area contributed by atoms with Crippen molar-refractivity contribution >= 4 is 34.8 Å². The number of carboxylic acids is 1. The Labute approximate surface area is 241 Å². The van der Waals surface area contributed by atoms with Crippen LogP contribution in [0.15, 0.2) is 83.8 Å². The molecule has 4 rings (SSSR count). The fourth-order valence-corrected chi connectivity index (χ4v) is 4.75. The second kappa shape index (κ2) is 12.5. The van der Waals surface area contributed by atoms with Gasteiger partial charge in [-0.3, -0.25) is 14.4 Å². The van der Waals surface area contributed by atoms with E-state index in [4.69, 9.17) is 22.9 Å². The number of halogens is 1. The summed E-state index contributed by atoms with van der Waals surface area (Å²) in [7, 11) is 1.43. The van der Waals surface area contributed by atoms with Crippen molar-refractivity contribution in [2.45, 2.75) is 25.8 Å². The number of hydrogen-bond acceptors (Lipinski definition) is 5. The molecule has 0 aliphatic carbocycles. The van der Waals surface area contributed by atoms with Gasteiger partial charge in [0.15, 0.2) is 17.3 Å². The Balaban J connectivity index is 1.80. The van der Waals surface area contributed by atoms with Crippen LogP contribution in [0.25, 0.3) is 16.0 Å². The maximum Gasteiger partial charge on any atom is 0.335 e. The zero-order valence-corrected chi connectivity index (χ0v) is 23.0. The summed E-state index contributed by atoms with van der Waals surface area (Å²) in [4.78, 5) is 54.2. The van der Waals surface area contributed by atoms with E-state index in [-0.39, 0.29) is 35.7 Å². The van der Waals surface area contributed by atoms with Gasteiger partial charge < -0.3 is 14.4 Å². The topological polar surface area (TPSA) is 107 Å². The third-order valence-corrected chi connectivity index (χ3v) is 6.93. The van der Waals surface area contributed by atoms with Gasteiger partial charge in [-0.1, -0.05) is 48.0 Å². The van der Waals surface area contributed by atoms with Gasteiger partial charge in [0.25, 0.3) is 5.56 Å². The van der Waals surface area contributed by atoms with Gasteiger partial charge in [0, 0.05) is 35.1 Å². The van der Waals surface area contributed by atoms with Crippen LogP contribution in [0.4, 0.5) is 5.69 Å². The predicted octanol–water partition coefficient (Wildman–Crippen LogP) is 6.22. The molecule has 1 aromatic heterocycles. The molecule has 1 unspecified atom stereocenters. The minimum atomic E-state index is -1.07. The summed E-state index contributed by atoms with van der Waals surface area (Å²) >= 11 is 6.21. The molecule has 0 bridgehead atoms. The van der Waals surface area contributed by atoms with Crippen LogP contribution in [0.2, 0.25) is 5.02 Å². The highest BCUT2D eigenvalue weighted by atomic mass is 35.5. The van der Waals surface area contributed by atoms with Gasteiger partial charge >= 0.3 is 5.97 Å². The Morgan fingerprint density at radius 2 is 1.63 bits per heavy atom. The molecule has 1 N–H and O–H groups in total. The van der Waals surface area contributed by atoms with Crippen molar-refractivity contribution in [2.24, 2.45) is 0 Å². The zero-order chi connectivity index (χ0) is 29.7. The lowest BCUT2D eigenvalue weighted by Crippen LogP contribution is -2.32. The van der Waals surface area contributed by atoms with Crippen LogP contribution in [0, 0.1) is 6.57 Å². The largest absolute Gasteiger partial charge is 0.495 e. The summed E-state index contributed by atoms with van der Waals surface area (Å²) in [5, 5.41) is 9.56. The lowest BCUT2D eigenvalue weighted by Gasteiger charge is -2.22. The van der Waals surface area contributed by atoms with Crippen LogP contribution in [-0.4, -0.2) is 34.3 Å². The molecule has 0 spiro atoms. The van der Waals surface area contributed by atoms with Gasteiger partial charge in [-0.25, -0.2) is 9.64 Å². The number of carbonyl (C=O) groups is 3. The summed E-state index contributed by atoms with van der Waals surface area (Å²) in [6, 6.07) is 17.9. The predicted molar refractivity (Wildman–Crippen MR) is 155 cm³/mol. The number of ketones is 2. The van der Waals surface area contributed by atoms with E-state index in [1.165, 1.54) is 43.0 Å². The lowest BCUT2D eigenvalue weighted by molar-refractivity contribution is -0.121. The second-order valence-corrected chi connectivity index (χ2v) is 9.83. The standard InChI is InChI=1S/C32H25ClN2O6/c1-19(36)25-13-10-23(33)16-26(25)27-17-31(38)35(18-30(27)41-3)28(14-20-6-11-24(34-2)12-7-20)29(37)15-21-4-8-22(9-5-21)32(39)40/h4-13,16-18,28H,14-15H2,1,3H3,(H,39,40). The lowest BCUT2D eigenvalue weighted by atomic mass is 9.95. The van der Waals surface area contributed by atoms with Gasteiger partial charge in [-0.2, -0.15) is 0 Å². The molecule has 0 amide bonds. The summed E-state index contributed by atoms with van der Waals surface area (Å²) < 4.78 is 6.92. The summed E-state index contributed by atoms with van der Waals surface area (Å²) in [6.45, 7) is 8.60. The number of carbonyl (C=O) groups excluding carboxylic acids is 2. The number of benzene rings is 3. The Kier molecular flexibility index (Phi) is 8.81. The number of aromatic carboxylic acids is 1. The monoisotopic (exact) mass is 568 g/mol. The van der Waals surface area contributed by atoms with Gasteiger partial charge in [0.2, 0.25) is 0 Å². The highest BCUT2D eigenvalue weighted by molar-refractivity contribution is 6.31. The van der Waals surface area contributed by atoms with Crippen LogP contribution in [-0.2, 0) is 17.6 Å². The molecule has 41 heavy (non-hydrogen) atoms. The normalized spacial score (nSPS) is 11.4. The van der Waals surface area contributed by atoms with E-state index in [2.05, 4.69) is 4.85 Å². The number of Topliss-reactive ketones (excluding diaryl/α,β-unsaturated/α-hetero) is 2. The Hall–Kier alpha value is -5.00. The smallest absolute Gasteiger partial charge is 0.335 e. The van der Waals surface area contributed by atoms with Gasteiger partial charge in [-0.05, 0) is 53.9 Å². The molecule has 0 aliphatic rings. The number of aromatic nitrogens is 1. The maximum absolute atomic E-state index is 13.7. The van der Waals surface area contributed by atoms with Crippen molar-refractivity contribution in [2.75, 3.05) is 7.11 Å². The third kappa shape index (κ3) is 6.60. The summed E-state index contributed by atoms with van der Waals surface area (Å²) in [6.07, 6.45) is 1.55. The van der Waals surface area contributed by atoms with Crippen LogP contribution in [0.3, 0.4) is 0 Å². The minimum absolute atomic E-state index is 0.0516. The van der Waals surface area contributed by atoms with Crippen LogP contribution >= 0.6 is 11.6 Å². The van der Waals surface area contributed by atoms with E-state index in [0.717, 1.165) is 5.56 Å². The first kappa shape index (κ1) is 29.0. The number of rotatable bonds is 10. The highest BCUT2D eigenvalue weighted by Gasteiger charge is 2.25. The Morgan fingerprint density at radius 3 is 2.22 bits per heavy atom. The first-order valence-corrected chi connectivity index (χ1v) is 12.9. The Morgan fingerprint density at radius 1 is 0.976 bits per heavy atom. The quantitative estimate of drug-likeness (QED) is 0.180. The number of carboxylic acid groups (broad SMARTS) is 1. The maximum atomic E-state index is 13.7. The molecule has 206 valence electrons. The molecule has 0 fully saturated rings. The average molecular weight is 569 g/mol. The summed E-state index contributed by atoms with van der Waals surface area (Å²) in [5.41, 5.74) is 2.53. The first-order chi connectivity index (χ1) is 19.6. The molecule has 0 aliphatic heterocycles. The molecular formula is C32H25ClN2O6. The molecule has 8 nitrogen and oxygen atoms in total. The van der Waals surface area contributed by atoms with Crippen LogP contribution < -0.4 is 10.3 Å². The molecule has 9 heteroatoms. The molecule has 0 saturated carbocycles. The molecule has 1 heterocycles. The van der Waals surface area contributed by atoms with E-state index >= 15 is 0 Å². The van der Waals surface area contributed by atoms with Crippen LogP contribution in [0.1, 0.15) is 44.8 Å². The number of nitrogens with zero attached hydrogens (tertiary/aromatic N) is 2. The van der Waals surface area contributed by atoms with E-state index in [1.54, 1.807) is 54.6 Å². The molecule has 3 aromatic carbocycles. The van der Waals surface area contributed by atoms with Gasteiger partial charge in [-0.15, -0.1) is 0 Å². The molecule has 1 atom stereocenters. The van der Waals surface area contributed by atoms with Crippen molar-refractivity contribution in [1.82, 2.24) is 4.57 Å². The van der Waals surface area contributed by atoms with E-state index < -0.39 is 17.6 Å². The van der Waals surface area contributed by atoms with Gasteiger partial charge in [0.05, 0.1) is 31.5 Å². The van der Waals surface area contributed by atoms with Crippen molar-refractivity contribution in [3.8, 4) is 16.9 Å². The number of hydrogen-bond donors (Lipinski definition) is 1. The average Bonchev–Trinajstić information content (AvgIpc) is 2.96. The number of methoxy groups -OCH3 is 1. The molecule has 0 saturated heterocycles. The molecule has 4 aromatic rings. The SMILES string of the molecule is [C-]#[N+]c1ccc(CC(C(=O)Cc2ccc(C(=O)O)cc2)n2cc(OC)c(-c3cc(Cl)ccc3C(C)=O)cc2=O)cc1. The molecular weight excluding hydrogens is 544 g/mol. The fraction of sp³-hybridized carbons (Fsp3) is 0.156. The van der Waals surface area contributed by atoms with Crippen LogP contribution in [0.5, 0.6) is 5.75 Å². The Bertz CT molecular complexity index is 1730. The van der Waals surface area contributed by atoms with E-state index in [9.17, 15) is 24.3 Å².